The van der Waals surface area contributed by atoms with Crippen LogP contribution in [0.25, 0.3) is 51.6 Å². The molecule has 9 fully saturated rings. The van der Waals surface area contributed by atoms with Gasteiger partial charge in [-0.15, -0.1) is 0 Å². The molecule has 0 unspecified atom stereocenters. The zero-order valence-corrected chi connectivity index (χ0v) is 66.1. The molecule has 6 heterocycles. The number of cyclic esters (lactones) is 3. The van der Waals surface area contributed by atoms with Crippen LogP contribution in [-0.4, -0.2) is 224 Å². The first kappa shape index (κ1) is 89.2. The number of carbonyl (C=O) groups is 4. The van der Waals surface area contributed by atoms with Crippen LogP contribution in [0.3, 0.4) is 0 Å². The number of hydrogen-bond donors (Lipinski definition) is 3. The van der Waals surface area contributed by atoms with Crippen molar-refractivity contribution in [1.29, 1.82) is 0 Å². The Morgan fingerprint density at radius 3 is 1.04 bits per heavy atom. The second kappa shape index (κ2) is 40.4. The predicted octanol–water partition coefficient (Wildman–Crippen LogP) is 6.76. The van der Waals surface area contributed by atoms with Gasteiger partial charge in [0.25, 0.3) is 0 Å². The molecule has 13 nitrogen and oxygen atoms in total. The van der Waals surface area contributed by atoms with Crippen molar-refractivity contribution in [3.05, 3.63) is 181 Å². The number of nitrogens with zero attached hydrogens (tertiary/aromatic N) is 3. The number of fused-ring (bicyclic) bond motifs is 6. The Balaban J connectivity index is 0.000000152. The SMILES string of the molecule is CO.C[C@H]1OC(=O)[C@@H]2C[C@@H]3C(=O)CCC[C@H]3[C@H](/C=C/c3ccc(-c4cccc(F)c4)cn3)[C@H]12.C[C@H]1OC(=O)[C@@H]2C[C@H]3[C@@H](CCC[C@@H]3N)[C@H](/C=C/c3ccc(-c4cccc(F)c4)cn3)[C@H]12.C[C@H]1OC(=O)[C@@H]2C[C@H]3[C@@H](CCC[C@H]3N)[C@H](/C=C/c3ccc(-c4cccc(F)c4)cn3)[C@H]12.[B]B([B])B([B])B(B(B([B])[B])B([B])[B])B(B([B])[B])B([B])[B]. The highest BCUT2D eigenvalue weighted by atomic mass is 19.1. The highest BCUT2D eigenvalue weighted by Gasteiger charge is 2.58. The van der Waals surface area contributed by atoms with E-state index in [0.29, 0.717) is 42.3 Å². The highest BCUT2D eigenvalue weighted by molar-refractivity contribution is 8.19. The molecule has 9 aliphatic rings. The molecule has 0 bridgehead atoms. The number of ether oxygens (including phenoxy) is 3. The van der Waals surface area contributed by atoms with Gasteiger partial charge in [-0.05, 0) is 215 Å². The fourth-order valence-corrected chi connectivity index (χ4v) is 21.0. The number of halogens is 3. The van der Waals surface area contributed by atoms with E-state index in [4.69, 9.17) is 116 Å². The molecular weight excluding hydrogens is 1420 g/mol. The van der Waals surface area contributed by atoms with Gasteiger partial charge in [-0.3, -0.25) is 34.1 Å². The lowest BCUT2D eigenvalue weighted by atomic mass is 8.39. The minimum absolute atomic E-state index is 0.0363. The van der Waals surface area contributed by atoms with Crippen LogP contribution in [0.2, 0.25) is 0 Å². The first-order valence-corrected chi connectivity index (χ1v) is 40.7. The number of rotatable bonds is 17. The molecule has 6 aliphatic carbocycles. The van der Waals surface area contributed by atoms with Crippen molar-refractivity contribution >= 4 is 184 Å². The molecule has 3 aromatic carbocycles. The number of allylic oxidation sites excluding steroid dienone is 3. The van der Waals surface area contributed by atoms with Crippen LogP contribution in [0.15, 0.2) is 146 Å². The van der Waals surface area contributed by atoms with Crippen LogP contribution in [0.5, 0.6) is 0 Å². The van der Waals surface area contributed by atoms with E-state index in [-0.39, 0.29) is 131 Å². The van der Waals surface area contributed by atoms with Crippen LogP contribution < -0.4 is 11.5 Å². The molecule has 6 aromatic rings. The van der Waals surface area contributed by atoms with E-state index in [2.05, 4.69) is 45.3 Å². The van der Waals surface area contributed by atoms with E-state index in [1.54, 1.807) is 36.8 Å². The van der Waals surface area contributed by atoms with Gasteiger partial charge in [-0.25, -0.2) is 13.2 Å². The Hall–Kier alpha value is -6.62. The topological polar surface area (TPSA) is 207 Å². The lowest BCUT2D eigenvalue weighted by Crippen LogP contribution is -2.80. The molecular formula is C79H88B20F3N5O8. The van der Waals surface area contributed by atoms with Gasteiger partial charge in [0.15, 0.2) is 0 Å². The number of carbonyl (C=O) groups excluding carboxylic acids is 4. The maximum absolute atomic E-state index is 13.5. The maximum Gasteiger partial charge on any atom is 0.309 e. The summed E-state index contributed by atoms with van der Waals surface area (Å²) in [6, 6.07) is 31.6. The third-order valence-electron chi connectivity index (χ3n) is 26.3. The molecule has 3 aromatic heterocycles. The molecule has 15 rings (SSSR count). The molecule has 0 spiro atoms. The number of aliphatic hydroxyl groups excluding tert-OH is 1. The standard InChI is InChI=1S/2C26H29FN2O2.C26H26FNO3.CH4O.B20/c2*1-15-25-21(20-6-3-7-24(28)22(20)13-23(25)26(30)31-15)11-10-19-9-8-17(14-29-19)16-4-2-5-18(27)12-16;1-15-25-21(20-6-3-7-24(29)22(20)13-23(25)26(30)31-15)11-10-19-9-8-17(14-28-19)16-4-2-5-18(27)12-16;1-2;1-12(2)17(11)20(18(13(3)4)14(5)6)19(15(7)8)16(9)10/h2*2,4-5,8-12,14-15,20-25H,3,6-7,13,28H2,1H3;2,4-5,8-12,14-15,20-23,25H,3,6-7,13H2,1H3;2H,1H3;/b3*11-10+;;/t15-,20+,21+,22+,23-,24+,25+;15-,20+,21+,22+,23-,24-,25+;15-,20+,21+,22+,23-,25+;;/m111../s1. The number of nitrogens with two attached hydrogens (primary N) is 2. The summed E-state index contributed by atoms with van der Waals surface area (Å²) in [6.07, 6.45) is 22.3. The fraction of sp³-hybridized carbons (Fsp3) is 0.456. The summed E-state index contributed by atoms with van der Waals surface area (Å²) >= 11 is 0. The Morgan fingerprint density at radius 1 is 0.400 bits per heavy atom. The van der Waals surface area contributed by atoms with Crippen molar-refractivity contribution in [2.24, 2.45) is 100 Å². The van der Waals surface area contributed by atoms with E-state index < -0.39 is 57.5 Å². The Labute approximate surface area is 696 Å². The van der Waals surface area contributed by atoms with Gasteiger partial charge in [0.05, 0.1) is 34.8 Å². The quantitative estimate of drug-likeness (QED) is 0.0491. The highest BCUT2D eigenvalue weighted by Crippen LogP contribution is 2.56. The summed E-state index contributed by atoms with van der Waals surface area (Å²) in [4.78, 5) is 63.7. The minimum atomic E-state index is -0.889. The molecule has 0 amide bonds. The number of aliphatic hydroxyl groups is 1. The van der Waals surface area contributed by atoms with Crippen LogP contribution >= 0.6 is 0 Å². The lowest BCUT2D eigenvalue weighted by Gasteiger charge is -2.48. The summed E-state index contributed by atoms with van der Waals surface area (Å²) in [7, 11) is 64.2. The molecule has 558 valence electrons. The fourth-order valence-electron chi connectivity index (χ4n) is 21.0. The normalized spacial score (nSPS) is 29.3. The van der Waals surface area contributed by atoms with Crippen LogP contribution in [0.4, 0.5) is 13.2 Å². The third-order valence-corrected chi connectivity index (χ3v) is 26.3. The van der Waals surface area contributed by atoms with Crippen molar-refractivity contribution in [3.63, 3.8) is 0 Å². The number of Topliss-reactive ketones (excluding diaryl/α,β-unsaturated/α-hetero) is 1. The Kier molecular flexibility index (Phi) is 31.3. The van der Waals surface area contributed by atoms with E-state index in [1.807, 2.05) is 81.4 Å². The van der Waals surface area contributed by atoms with E-state index in [1.165, 1.54) is 36.4 Å². The summed E-state index contributed by atoms with van der Waals surface area (Å²) in [5.74, 6) is 2.16. The van der Waals surface area contributed by atoms with Gasteiger partial charge in [0.1, 0.15) is 41.5 Å². The van der Waals surface area contributed by atoms with Gasteiger partial charge < -0.3 is 30.8 Å². The third kappa shape index (κ3) is 21.0. The van der Waals surface area contributed by atoms with Gasteiger partial charge in [-0.1, -0.05) is 85.7 Å². The van der Waals surface area contributed by atoms with Crippen molar-refractivity contribution in [2.75, 3.05) is 7.11 Å². The van der Waals surface area contributed by atoms with Crippen LogP contribution in [-0.2, 0) is 33.4 Å². The Morgan fingerprint density at radius 2 is 0.730 bits per heavy atom. The summed E-state index contributed by atoms with van der Waals surface area (Å²) in [5.41, 5.74) is 20.5. The number of ketones is 1. The lowest BCUT2D eigenvalue weighted by molar-refractivity contribution is -0.146. The number of hydrogen-bond acceptors (Lipinski definition) is 13. The average Bonchev–Trinajstić information content (AvgIpc) is 1.64. The maximum atomic E-state index is 13.5. The summed E-state index contributed by atoms with van der Waals surface area (Å²) in [6.45, 7) is 6.03. The number of benzene rings is 3. The summed E-state index contributed by atoms with van der Waals surface area (Å²) in [5, 5.41) is 7.00. The number of esters is 3. The smallest absolute Gasteiger partial charge is 0.309 e. The zero-order chi connectivity index (χ0) is 82.8. The minimum Gasteiger partial charge on any atom is -0.462 e. The second-order valence-electron chi connectivity index (χ2n) is 33.1. The van der Waals surface area contributed by atoms with E-state index >= 15 is 0 Å². The zero-order valence-electron chi connectivity index (χ0n) is 66.1. The van der Waals surface area contributed by atoms with E-state index in [0.717, 1.165) is 122 Å². The average molecular weight is 1510 g/mol. The molecule has 22 radical (unpaired) electrons. The molecule has 6 saturated carbocycles. The number of aromatic nitrogens is 3. The van der Waals surface area contributed by atoms with Gasteiger partial charge in [-0.2, -0.15) is 0 Å². The Bertz CT molecular complexity index is 4160. The molecule has 3 aliphatic heterocycles. The molecule has 3 saturated heterocycles. The van der Waals surface area contributed by atoms with Gasteiger partial charge in [0, 0.05) is 227 Å². The summed E-state index contributed by atoms with van der Waals surface area (Å²) < 4.78 is 57.4. The van der Waals surface area contributed by atoms with Gasteiger partial charge >= 0.3 is 17.9 Å². The van der Waals surface area contributed by atoms with Crippen molar-refractivity contribution < 1.29 is 51.7 Å². The molecule has 115 heavy (non-hydrogen) atoms. The van der Waals surface area contributed by atoms with Crippen LogP contribution in [0.1, 0.15) is 115 Å². The first-order chi connectivity index (χ1) is 55.0. The van der Waals surface area contributed by atoms with E-state index in [9.17, 15) is 32.3 Å². The molecule has 5 N–H and O–H groups in total. The van der Waals surface area contributed by atoms with Crippen molar-refractivity contribution in [3.8, 4) is 33.4 Å². The van der Waals surface area contributed by atoms with Gasteiger partial charge in [0.2, 0.25) is 0 Å². The van der Waals surface area contributed by atoms with Crippen molar-refractivity contribution in [2.45, 2.75) is 128 Å². The number of pyridine rings is 3. The second-order valence-corrected chi connectivity index (χ2v) is 33.1. The monoisotopic (exact) mass is 1510 g/mol. The molecule has 36 heteroatoms. The van der Waals surface area contributed by atoms with Crippen molar-refractivity contribution in [1.82, 2.24) is 15.0 Å². The largest absolute Gasteiger partial charge is 0.462 e. The van der Waals surface area contributed by atoms with Crippen LogP contribution in [0, 0.1) is 106 Å². The molecule has 20 atom stereocenters. The predicted molar refractivity (Wildman–Crippen MR) is 475 cm³/mol. The first-order valence-electron chi connectivity index (χ1n) is 40.7.